The molecular weight excluding hydrogens is 276 g/mol. The number of nitrogens with zero attached hydrogens (tertiary/aromatic N) is 5. The maximum atomic E-state index is 6.03. The Morgan fingerprint density at radius 1 is 1.20 bits per heavy atom. The highest BCUT2D eigenvalue weighted by Gasteiger charge is 2.35. The standard InChI is InChI=1S/C13H17ClN6/c14-12-11-5-6-15-20(11)13(18-17-12)16-9-3-1-7-19-8-2-4-10(9)19/h5-6,9-10H,1-4,7-8H2,(H,16,18)/t9-,10+/m0/s1. The van der Waals surface area contributed by atoms with Crippen molar-refractivity contribution in [3.63, 3.8) is 0 Å². The number of hydrogen-bond donors (Lipinski definition) is 1. The number of halogens is 1. The van der Waals surface area contributed by atoms with E-state index in [0.717, 1.165) is 5.52 Å². The normalized spacial score (nSPS) is 26.9. The topological polar surface area (TPSA) is 58.4 Å². The number of nitrogens with one attached hydrogen (secondary N) is 1. The fourth-order valence-electron chi connectivity index (χ4n) is 3.53. The molecule has 0 unspecified atom stereocenters. The van der Waals surface area contributed by atoms with Crippen molar-refractivity contribution >= 4 is 23.1 Å². The van der Waals surface area contributed by atoms with Crippen molar-refractivity contribution in [3.05, 3.63) is 17.4 Å². The van der Waals surface area contributed by atoms with Crippen molar-refractivity contribution in [2.45, 2.75) is 37.8 Å². The minimum absolute atomic E-state index is 0.388. The van der Waals surface area contributed by atoms with Crippen LogP contribution in [0.2, 0.25) is 5.15 Å². The van der Waals surface area contributed by atoms with Crippen LogP contribution >= 0.6 is 11.6 Å². The first-order chi connectivity index (χ1) is 9.83. The lowest BCUT2D eigenvalue weighted by molar-refractivity contribution is 0.182. The molecule has 4 heterocycles. The molecule has 2 aliphatic rings. The molecule has 0 aliphatic carbocycles. The van der Waals surface area contributed by atoms with E-state index < -0.39 is 0 Å². The van der Waals surface area contributed by atoms with E-state index in [-0.39, 0.29) is 0 Å². The first-order valence-electron chi connectivity index (χ1n) is 7.19. The van der Waals surface area contributed by atoms with Gasteiger partial charge in [0.05, 0.1) is 6.20 Å². The number of hydrogen-bond acceptors (Lipinski definition) is 5. The van der Waals surface area contributed by atoms with Crippen molar-refractivity contribution in [1.29, 1.82) is 0 Å². The largest absolute Gasteiger partial charge is 0.349 e. The predicted octanol–water partition coefficient (Wildman–Crippen LogP) is 1.82. The highest BCUT2D eigenvalue weighted by molar-refractivity contribution is 6.32. The van der Waals surface area contributed by atoms with E-state index in [1.54, 1.807) is 10.7 Å². The Balaban J connectivity index is 1.64. The molecule has 2 aliphatic heterocycles. The molecular formula is C13H17ClN6. The third-order valence-corrected chi connectivity index (χ3v) is 4.71. The molecule has 0 saturated carbocycles. The number of aromatic nitrogens is 4. The van der Waals surface area contributed by atoms with Crippen LogP contribution in [0, 0.1) is 0 Å². The van der Waals surface area contributed by atoms with E-state index in [1.807, 2.05) is 6.07 Å². The highest BCUT2D eigenvalue weighted by Crippen LogP contribution is 2.29. The van der Waals surface area contributed by atoms with Gasteiger partial charge in [0.25, 0.3) is 0 Å². The van der Waals surface area contributed by atoms with Crippen LogP contribution in [0.4, 0.5) is 5.95 Å². The molecule has 4 rings (SSSR count). The van der Waals surface area contributed by atoms with E-state index in [1.165, 1.54) is 38.8 Å². The van der Waals surface area contributed by atoms with Gasteiger partial charge in [0.2, 0.25) is 5.95 Å². The van der Waals surface area contributed by atoms with Gasteiger partial charge in [-0.05, 0) is 44.8 Å². The van der Waals surface area contributed by atoms with E-state index in [0.29, 0.717) is 23.2 Å². The molecule has 0 spiro atoms. The summed E-state index contributed by atoms with van der Waals surface area (Å²) in [5, 5.41) is 16.4. The summed E-state index contributed by atoms with van der Waals surface area (Å²) in [6.07, 6.45) is 6.69. The Morgan fingerprint density at radius 2 is 2.05 bits per heavy atom. The van der Waals surface area contributed by atoms with Crippen LogP contribution in [0.15, 0.2) is 12.3 Å². The van der Waals surface area contributed by atoms with Crippen LogP contribution < -0.4 is 5.32 Å². The van der Waals surface area contributed by atoms with Gasteiger partial charge in [-0.2, -0.15) is 9.61 Å². The lowest BCUT2D eigenvalue weighted by Crippen LogP contribution is -2.48. The molecule has 2 aromatic rings. The average Bonchev–Trinajstić information content (AvgIpc) is 3.10. The molecule has 2 fully saturated rings. The summed E-state index contributed by atoms with van der Waals surface area (Å²) in [5.41, 5.74) is 0.795. The SMILES string of the molecule is Clc1nnc(N[C@H]2CCCN3CCC[C@H]23)n2nccc12. The third-order valence-electron chi connectivity index (χ3n) is 4.44. The minimum Gasteiger partial charge on any atom is -0.349 e. The molecule has 0 amide bonds. The second kappa shape index (κ2) is 4.86. The van der Waals surface area contributed by atoms with Crippen LogP contribution in [0.1, 0.15) is 25.7 Å². The van der Waals surface area contributed by atoms with Crippen LogP contribution in [0.25, 0.3) is 5.52 Å². The molecule has 2 saturated heterocycles. The van der Waals surface area contributed by atoms with Gasteiger partial charge >= 0.3 is 0 Å². The Kier molecular flexibility index (Phi) is 3.00. The summed E-state index contributed by atoms with van der Waals surface area (Å²) in [6, 6.07) is 2.89. The molecule has 2 atom stereocenters. The van der Waals surface area contributed by atoms with Gasteiger partial charge in [-0.3, -0.25) is 4.90 Å². The zero-order chi connectivity index (χ0) is 13.5. The maximum Gasteiger partial charge on any atom is 0.244 e. The molecule has 7 heteroatoms. The summed E-state index contributed by atoms with van der Waals surface area (Å²) in [5.74, 6) is 0.688. The number of anilines is 1. The molecule has 1 N–H and O–H groups in total. The quantitative estimate of drug-likeness (QED) is 0.915. The van der Waals surface area contributed by atoms with Crippen LogP contribution in [-0.2, 0) is 0 Å². The number of fused-ring (bicyclic) bond motifs is 2. The molecule has 106 valence electrons. The van der Waals surface area contributed by atoms with Gasteiger partial charge in [-0.15, -0.1) is 10.2 Å². The molecule has 0 radical (unpaired) electrons. The molecule has 6 nitrogen and oxygen atoms in total. The summed E-state index contributed by atoms with van der Waals surface area (Å²) >= 11 is 6.03. The second-order valence-electron chi connectivity index (χ2n) is 5.58. The Morgan fingerprint density at radius 3 is 2.95 bits per heavy atom. The zero-order valence-corrected chi connectivity index (χ0v) is 11.9. The lowest BCUT2D eigenvalue weighted by atomic mass is 9.96. The minimum atomic E-state index is 0.388. The Labute approximate surface area is 122 Å². The third kappa shape index (κ3) is 1.94. The van der Waals surface area contributed by atoms with Crippen molar-refractivity contribution in [3.8, 4) is 0 Å². The Bertz CT molecular complexity index is 626. The van der Waals surface area contributed by atoms with Gasteiger partial charge in [-0.1, -0.05) is 11.6 Å². The van der Waals surface area contributed by atoms with E-state index in [4.69, 9.17) is 11.6 Å². The van der Waals surface area contributed by atoms with Crippen molar-refractivity contribution < 1.29 is 0 Å². The van der Waals surface area contributed by atoms with E-state index in [2.05, 4.69) is 25.5 Å². The van der Waals surface area contributed by atoms with Gasteiger partial charge in [-0.25, -0.2) is 0 Å². The van der Waals surface area contributed by atoms with E-state index in [9.17, 15) is 0 Å². The van der Waals surface area contributed by atoms with Gasteiger partial charge in [0.15, 0.2) is 5.15 Å². The van der Waals surface area contributed by atoms with Crippen molar-refractivity contribution in [2.75, 3.05) is 18.4 Å². The van der Waals surface area contributed by atoms with Crippen LogP contribution in [0.5, 0.6) is 0 Å². The van der Waals surface area contributed by atoms with Gasteiger partial charge in [0, 0.05) is 12.1 Å². The predicted molar refractivity (Wildman–Crippen MR) is 77.0 cm³/mol. The van der Waals surface area contributed by atoms with Crippen molar-refractivity contribution in [2.24, 2.45) is 0 Å². The smallest absolute Gasteiger partial charge is 0.244 e. The molecule has 20 heavy (non-hydrogen) atoms. The van der Waals surface area contributed by atoms with E-state index >= 15 is 0 Å². The van der Waals surface area contributed by atoms with Crippen LogP contribution in [0.3, 0.4) is 0 Å². The number of rotatable bonds is 2. The summed E-state index contributed by atoms with van der Waals surface area (Å²) in [7, 11) is 0. The lowest BCUT2D eigenvalue weighted by Gasteiger charge is -2.37. The average molecular weight is 293 g/mol. The van der Waals surface area contributed by atoms with Crippen LogP contribution in [-0.4, -0.2) is 49.9 Å². The Hall–Kier alpha value is -1.40. The molecule has 2 aromatic heterocycles. The fraction of sp³-hybridized carbons (Fsp3) is 0.615. The summed E-state index contributed by atoms with van der Waals surface area (Å²) < 4.78 is 1.74. The second-order valence-corrected chi connectivity index (χ2v) is 5.94. The number of piperidine rings is 1. The zero-order valence-electron chi connectivity index (χ0n) is 11.2. The first kappa shape index (κ1) is 12.3. The van der Waals surface area contributed by atoms with Gasteiger partial charge < -0.3 is 5.32 Å². The van der Waals surface area contributed by atoms with Gasteiger partial charge in [0.1, 0.15) is 5.52 Å². The maximum absolute atomic E-state index is 6.03. The first-order valence-corrected chi connectivity index (χ1v) is 7.57. The van der Waals surface area contributed by atoms with Crippen molar-refractivity contribution in [1.82, 2.24) is 24.7 Å². The summed E-state index contributed by atoms with van der Waals surface area (Å²) in [4.78, 5) is 2.59. The highest BCUT2D eigenvalue weighted by atomic mass is 35.5. The fourth-order valence-corrected chi connectivity index (χ4v) is 3.71. The molecule has 0 aromatic carbocycles. The summed E-state index contributed by atoms with van der Waals surface area (Å²) in [6.45, 7) is 2.46. The molecule has 0 bridgehead atoms. The monoisotopic (exact) mass is 292 g/mol.